The molecule has 0 radical (unpaired) electrons. The molecule has 0 saturated heterocycles. The summed E-state index contributed by atoms with van der Waals surface area (Å²) >= 11 is 0. The van der Waals surface area contributed by atoms with Gasteiger partial charge in [-0.2, -0.15) is 9.39 Å². The van der Waals surface area contributed by atoms with Gasteiger partial charge < -0.3 is 0 Å². The zero-order chi connectivity index (χ0) is 7.65. The summed E-state index contributed by atoms with van der Waals surface area (Å²) in [7, 11) is 1.10. The lowest BCUT2D eigenvalue weighted by atomic mass is 10.4. The molecule has 0 aromatic heterocycles. The van der Waals surface area contributed by atoms with E-state index in [1.165, 1.54) is 0 Å². The van der Waals surface area contributed by atoms with Gasteiger partial charge in [0.25, 0.3) is 0 Å². The molecule has 0 aromatic rings. The highest BCUT2D eigenvalue weighted by Crippen LogP contribution is 2.19. The predicted octanol–water partition coefficient (Wildman–Crippen LogP) is 1.54. The van der Waals surface area contributed by atoms with Gasteiger partial charge in [0, 0.05) is 6.04 Å². The molecule has 0 aliphatic rings. The van der Waals surface area contributed by atoms with E-state index in [1.807, 2.05) is 0 Å². The van der Waals surface area contributed by atoms with Crippen molar-refractivity contribution >= 4 is 21.1 Å². The fourth-order valence-electron chi connectivity index (χ4n) is 0.509. The van der Waals surface area contributed by atoms with Crippen LogP contribution >= 0.6 is 9.39 Å². The molecule has 1 nitrogen and oxygen atoms in total. The smallest absolute Gasteiger partial charge is 0.0133 e. The van der Waals surface area contributed by atoms with Gasteiger partial charge in [0.05, 0.1) is 0 Å². The number of hydrogen-bond donors (Lipinski definition) is 0. The summed E-state index contributed by atoms with van der Waals surface area (Å²) in [5.74, 6) is 7.98. The van der Waals surface area contributed by atoms with E-state index in [0.29, 0.717) is 6.04 Å². The van der Waals surface area contributed by atoms with Crippen LogP contribution < -0.4 is 0 Å². The predicted molar refractivity (Wildman–Crippen MR) is 50.7 cm³/mol. The van der Waals surface area contributed by atoms with E-state index in [4.69, 9.17) is 0 Å². The molecule has 0 rings (SSSR count). The van der Waals surface area contributed by atoms with Gasteiger partial charge in [-0.25, -0.2) is 0 Å². The summed E-state index contributed by atoms with van der Waals surface area (Å²) in [5.41, 5.74) is 0. The van der Waals surface area contributed by atoms with Crippen LogP contribution in [0.5, 0.6) is 0 Å². The van der Waals surface area contributed by atoms with Crippen molar-refractivity contribution in [2.75, 3.05) is 13.3 Å². The van der Waals surface area contributed by atoms with Crippen molar-refractivity contribution in [1.29, 1.82) is 0 Å². The average Bonchev–Trinajstić information content (AvgIpc) is 1.62. The van der Waals surface area contributed by atoms with E-state index >= 15 is 0 Å². The molecule has 9 heavy (non-hydrogen) atoms. The second-order valence-corrected chi connectivity index (χ2v) is 5.88. The minimum absolute atomic E-state index is 0.556. The number of hydrogen-bond acceptors (Lipinski definition) is 1. The maximum atomic E-state index is 3.99. The molecular formula is C7H17NS. The zero-order valence-electron chi connectivity index (χ0n) is 6.85. The lowest BCUT2D eigenvalue weighted by Crippen LogP contribution is -2.21. The zero-order valence-corrected chi connectivity index (χ0v) is 7.66. The van der Waals surface area contributed by atoms with Crippen LogP contribution in [0.4, 0.5) is 0 Å². The lowest BCUT2D eigenvalue weighted by Gasteiger charge is -2.26. The Balaban J connectivity index is 4.24. The third-order valence-corrected chi connectivity index (χ3v) is 3.23. The minimum atomic E-state index is -0.969. The SMILES string of the molecule is C=S(=C)(C)N(C)C(C)C. The fraction of sp³-hybridized carbons (Fsp3) is 0.714. The van der Waals surface area contributed by atoms with E-state index in [1.54, 1.807) is 0 Å². The van der Waals surface area contributed by atoms with Gasteiger partial charge in [-0.3, -0.25) is 4.31 Å². The molecule has 0 fully saturated rings. The van der Waals surface area contributed by atoms with Crippen LogP contribution in [0.15, 0.2) is 0 Å². The van der Waals surface area contributed by atoms with Crippen LogP contribution in [0.2, 0.25) is 0 Å². The van der Waals surface area contributed by atoms with Crippen LogP contribution in [0.1, 0.15) is 13.8 Å². The Hall–Kier alpha value is 0.0500. The molecule has 0 spiro atoms. The molecular weight excluding hydrogens is 130 g/mol. The van der Waals surface area contributed by atoms with Crippen molar-refractivity contribution < 1.29 is 0 Å². The Morgan fingerprint density at radius 3 is 1.67 bits per heavy atom. The van der Waals surface area contributed by atoms with Crippen LogP contribution in [-0.4, -0.2) is 35.4 Å². The first kappa shape index (κ1) is 9.05. The first-order valence-electron chi connectivity index (χ1n) is 3.03. The normalized spacial score (nSPS) is 13.1. The molecule has 56 valence electrons. The van der Waals surface area contributed by atoms with E-state index in [2.05, 4.69) is 43.2 Å². The number of nitrogens with zero attached hydrogens (tertiary/aromatic N) is 1. The maximum Gasteiger partial charge on any atom is 0.0133 e. The van der Waals surface area contributed by atoms with Gasteiger partial charge >= 0.3 is 0 Å². The van der Waals surface area contributed by atoms with Crippen LogP contribution in [0, 0.1) is 0 Å². The van der Waals surface area contributed by atoms with Gasteiger partial charge in [0.1, 0.15) is 0 Å². The molecule has 0 heterocycles. The van der Waals surface area contributed by atoms with Crippen molar-refractivity contribution in [3.63, 3.8) is 0 Å². The summed E-state index contributed by atoms with van der Waals surface area (Å²) in [6.07, 6.45) is 2.09. The highest BCUT2D eigenvalue weighted by molar-refractivity contribution is 8.25. The van der Waals surface area contributed by atoms with E-state index < -0.39 is 9.39 Å². The third-order valence-electron chi connectivity index (χ3n) is 1.42. The molecule has 0 bridgehead atoms. The molecule has 0 unspecified atom stereocenters. The molecule has 0 aromatic carbocycles. The van der Waals surface area contributed by atoms with Gasteiger partial charge in [0.2, 0.25) is 0 Å². The van der Waals surface area contributed by atoms with Crippen LogP contribution in [0.25, 0.3) is 0 Å². The molecule has 0 aliphatic heterocycles. The quantitative estimate of drug-likeness (QED) is 0.536. The van der Waals surface area contributed by atoms with E-state index in [-0.39, 0.29) is 0 Å². The van der Waals surface area contributed by atoms with Gasteiger partial charge in [-0.05, 0) is 27.2 Å². The van der Waals surface area contributed by atoms with Crippen molar-refractivity contribution in [2.24, 2.45) is 0 Å². The maximum absolute atomic E-state index is 3.99. The van der Waals surface area contributed by atoms with Crippen molar-refractivity contribution in [3.8, 4) is 0 Å². The second-order valence-electron chi connectivity index (χ2n) is 2.86. The van der Waals surface area contributed by atoms with Crippen molar-refractivity contribution in [1.82, 2.24) is 4.31 Å². The molecule has 0 amide bonds. The Labute approximate surface area is 59.3 Å². The summed E-state index contributed by atoms with van der Waals surface area (Å²) < 4.78 is 2.22. The largest absolute Gasteiger partial charge is 0.262 e. The Morgan fingerprint density at radius 2 is 1.67 bits per heavy atom. The Kier molecular flexibility index (Phi) is 2.77. The molecule has 0 saturated carbocycles. The van der Waals surface area contributed by atoms with Gasteiger partial charge in [-0.15, -0.1) is 0 Å². The monoisotopic (exact) mass is 147 g/mol. The summed E-state index contributed by atoms with van der Waals surface area (Å²) in [4.78, 5) is 0. The minimum Gasteiger partial charge on any atom is -0.262 e. The first-order valence-corrected chi connectivity index (χ1v) is 5.36. The lowest BCUT2D eigenvalue weighted by molar-refractivity contribution is 0.468. The average molecular weight is 147 g/mol. The molecule has 0 N–H and O–H groups in total. The molecule has 0 aliphatic carbocycles. The van der Waals surface area contributed by atoms with Crippen molar-refractivity contribution in [3.05, 3.63) is 0 Å². The summed E-state index contributed by atoms with van der Waals surface area (Å²) in [6, 6.07) is 0.556. The topological polar surface area (TPSA) is 3.24 Å². The number of rotatable bonds is 2. The van der Waals surface area contributed by atoms with E-state index in [9.17, 15) is 0 Å². The fourth-order valence-corrected chi connectivity index (χ4v) is 1.53. The van der Waals surface area contributed by atoms with Gasteiger partial charge in [0.15, 0.2) is 0 Å². The van der Waals surface area contributed by atoms with Crippen LogP contribution in [0.3, 0.4) is 0 Å². The Bertz CT molecular complexity index is 165. The highest BCUT2D eigenvalue weighted by atomic mass is 32.2. The molecule has 0 atom stereocenters. The standard InChI is InChI=1S/C7H17NS/c1-7(2)8(3)9(4,5)6/h7H,4-5H2,1-3,6H3. The summed E-state index contributed by atoms with van der Waals surface area (Å²) in [5, 5.41) is 0. The van der Waals surface area contributed by atoms with Gasteiger partial charge in [-0.1, -0.05) is 11.7 Å². The van der Waals surface area contributed by atoms with Crippen molar-refractivity contribution in [2.45, 2.75) is 19.9 Å². The third kappa shape index (κ3) is 2.92. The van der Waals surface area contributed by atoms with E-state index in [0.717, 1.165) is 0 Å². The second kappa shape index (κ2) is 2.76. The summed E-state index contributed by atoms with van der Waals surface area (Å²) in [6.45, 7) is 4.31. The Morgan fingerprint density at radius 1 is 1.33 bits per heavy atom. The first-order chi connectivity index (χ1) is 3.85. The highest BCUT2D eigenvalue weighted by Gasteiger charge is 2.02. The molecule has 2 heteroatoms. The van der Waals surface area contributed by atoms with Crippen LogP contribution in [-0.2, 0) is 0 Å².